The fourth-order valence-corrected chi connectivity index (χ4v) is 4.06. The number of fused-ring (bicyclic) bond motifs is 2. The molecule has 0 radical (unpaired) electrons. The Morgan fingerprint density at radius 3 is 3.08 bits per heavy atom. The maximum Gasteiger partial charge on any atom is 0.254 e. The number of H-pyrrole nitrogens is 1. The van der Waals surface area contributed by atoms with E-state index in [9.17, 15) is 4.79 Å². The third-order valence-corrected chi connectivity index (χ3v) is 5.33. The van der Waals surface area contributed by atoms with Crippen molar-refractivity contribution >= 4 is 16.8 Å². The van der Waals surface area contributed by atoms with E-state index in [0.29, 0.717) is 12.1 Å². The van der Waals surface area contributed by atoms with Crippen LogP contribution in [0.25, 0.3) is 10.9 Å². The Bertz CT molecular complexity index is 724. The van der Waals surface area contributed by atoms with Crippen molar-refractivity contribution in [1.82, 2.24) is 14.8 Å². The zero-order chi connectivity index (χ0) is 16.5. The van der Waals surface area contributed by atoms with Gasteiger partial charge in [-0.1, -0.05) is 19.4 Å². The van der Waals surface area contributed by atoms with E-state index in [1.165, 1.54) is 12.8 Å². The van der Waals surface area contributed by atoms with Gasteiger partial charge >= 0.3 is 0 Å². The zero-order valence-corrected chi connectivity index (χ0v) is 14.2. The minimum Gasteiger partial charge on any atom is -0.378 e. The SMILES string of the molecule is CCC[C@H]1COC[C@H]2CN(C(=O)c3ccc4cc[nH]c4c3)CCN12. The standard InChI is InChI=1S/C19H25N3O2/c1-2-3-16-12-24-13-17-11-21(8-9-22(16)17)19(23)15-5-4-14-6-7-20-18(14)10-15/h4-7,10,16-17,20H,2-3,8-9,11-13H2,1H3/t16-,17+/m0/s1. The first-order chi connectivity index (χ1) is 11.8. The van der Waals surface area contributed by atoms with E-state index in [4.69, 9.17) is 4.74 Å². The van der Waals surface area contributed by atoms with Crippen molar-refractivity contribution in [3.05, 3.63) is 36.0 Å². The summed E-state index contributed by atoms with van der Waals surface area (Å²) in [5, 5.41) is 1.14. The number of amides is 1. The molecule has 5 heteroatoms. The average molecular weight is 327 g/mol. The Hall–Kier alpha value is -1.85. The molecule has 0 spiro atoms. The molecule has 1 aromatic heterocycles. The molecule has 4 rings (SSSR count). The largest absolute Gasteiger partial charge is 0.378 e. The van der Waals surface area contributed by atoms with Gasteiger partial charge in [0.1, 0.15) is 0 Å². The van der Waals surface area contributed by atoms with Crippen LogP contribution in [-0.4, -0.2) is 65.6 Å². The highest BCUT2D eigenvalue weighted by Gasteiger charge is 2.36. The first-order valence-electron chi connectivity index (χ1n) is 8.96. The summed E-state index contributed by atoms with van der Waals surface area (Å²) in [4.78, 5) is 20.6. The van der Waals surface area contributed by atoms with E-state index in [2.05, 4.69) is 16.8 Å². The molecule has 0 saturated carbocycles. The first kappa shape index (κ1) is 15.7. The molecule has 5 nitrogen and oxygen atoms in total. The summed E-state index contributed by atoms with van der Waals surface area (Å²) in [6.45, 7) is 6.32. The van der Waals surface area contributed by atoms with Crippen LogP contribution in [0.1, 0.15) is 30.1 Å². The number of aromatic nitrogens is 1. The predicted octanol–water partition coefficient (Wildman–Crippen LogP) is 2.49. The molecule has 2 aromatic rings. The molecular formula is C19H25N3O2. The van der Waals surface area contributed by atoms with E-state index in [1.54, 1.807) is 0 Å². The first-order valence-corrected chi connectivity index (χ1v) is 8.96. The molecule has 2 aliphatic rings. The molecule has 2 saturated heterocycles. The molecule has 0 aliphatic carbocycles. The molecule has 0 bridgehead atoms. The quantitative estimate of drug-likeness (QED) is 0.942. The zero-order valence-electron chi connectivity index (χ0n) is 14.2. The van der Waals surface area contributed by atoms with Crippen molar-refractivity contribution in [1.29, 1.82) is 0 Å². The normalized spacial score (nSPS) is 25.0. The number of benzene rings is 1. The van der Waals surface area contributed by atoms with Gasteiger partial charge in [-0.2, -0.15) is 0 Å². The van der Waals surface area contributed by atoms with E-state index in [-0.39, 0.29) is 5.91 Å². The lowest BCUT2D eigenvalue weighted by atomic mass is 10.0. The van der Waals surface area contributed by atoms with Crippen molar-refractivity contribution < 1.29 is 9.53 Å². The summed E-state index contributed by atoms with van der Waals surface area (Å²) >= 11 is 0. The molecule has 2 atom stereocenters. The topological polar surface area (TPSA) is 48.6 Å². The number of carbonyl (C=O) groups excluding carboxylic acids is 1. The van der Waals surface area contributed by atoms with Crippen molar-refractivity contribution in [2.45, 2.75) is 31.8 Å². The minimum atomic E-state index is 0.128. The fourth-order valence-electron chi connectivity index (χ4n) is 4.06. The van der Waals surface area contributed by atoms with Crippen molar-refractivity contribution in [3.8, 4) is 0 Å². The van der Waals surface area contributed by atoms with Gasteiger partial charge in [0.25, 0.3) is 5.91 Å². The van der Waals surface area contributed by atoms with Gasteiger partial charge in [0, 0.05) is 43.0 Å². The van der Waals surface area contributed by atoms with Crippen LogP contribution in [0, 0.1) is 0 Å². The smallest absolute Gasteiger partial charge is 0.254 e. The van der Waals surface area contributed by atoms with E-state index >= 15 is 0 Å². The number of carbonyl (C=O) groups is 1. The van der Waals surface area contributed by atoms with E-state index in [0.717, 1.165) is 49.3 Å². The summed E-state index contributed by atoms with van der Waals surface area (Å²) in [7, 11) is 0. The Morgan fingerprint density at radius 1 is 1.29 bits per heavy atom. The molecule has 1 aromatic carbocycles. The van der Waals surface area contributed by atoms with Crippen LogP contribution in [-0.2, 0) is 4.74 Å². The molecule has 1 amide bonds. The van der Waals surface area contributed by atoms with Crippen LogP contribution < -0.4 is 0 Å². The molecule has 1 N–H and O–H groups in total. The van der Waals surface area contributed by atoms with Gasteiger partial charge in [-0.25, -0.2) is 0 Å². The van der Waals surface area contributed by atoms with Crippen molar-refractivity contribution in [2.75, 3.05) is 32.8 Å². The van der Waals surface area contributed by atoms with E-state index < -0.39 is 0 Å². The van der Waals surface area contributed by atoms with Gasteiger partial charge in [0.2, 0.25) is 0 Å². The van der Waals surface area contributed by atoms with Crippen LogP contribution in [0.15, 0.2) is 30.5 Å². The second kappa shape index (κ2) is 6.57. The Kier molecular flexibility index (Phi) is 4.29. The molecule has 3 heterocycles. The van der Waals surface area contributed by atoms with Crippen molar-refractivity contribution in [2.24, 2.45) is 0 Å². The molecular weight excluding hydrogens is 302 g/mol. The molecule has 128 valence electrons. The maximum atomic E-state index is 12.9. The van der Waals surface area contributed by atoms with Crippen LogP contribution in [0.5, 0.6) is 0 Å². The molecule has 0 unspecified atom stereocenters. The Balaban J connectivity index is 1.48. The number of piperazine rings is 1. The monoisotopic (exact) mass is 327 g/mol. The lowest BCUT2D eigenvalue weighted by Gasteiger charge is -2.48. The van der Waals surface area contributed by atoms with Gasteiger partial charge in [-0.3, -0.25) is 9.69 Å². The fraction of sp³-hybridized carbons (Fsp3) is 0.526. The number of rotatable bonds is 3. The number of ether oxygens (including phenoxy) is 1. The minimum absolute atomic E-state index is 0.128. The van der Waals surface area contributed by atoms with Crippen LogP contribution >= 0.6 is 0 Å². The highest BCUT2D eigenvalue weighted by Crippen LogP contribution is 2.23. The van der Waals surface area contributed by atoms with Gasteiger partial charge in [-0.15, -0.1) is 0 Å². The van der Waals surface area contributed by atoms with Crippen LogP contribution in [0.2, 0.25) is 0 Å². The number of morpholine rings is 1. The number of nitrogens with one attached hydrogen (secondary N) is 1. The third-order valence-electron chi connectivity index (χ3n) is 5.33. The van der Waals surface area contributed by atoms with Gasteiger partial charge in [0.15, 0.2) is 0 Å². The lowest BCUT2D eigenvalue weighted by molar-refractivity contribution is -0.0776. The second-order valence-electron chi connectivity index (χ2n) is 6.90. The van der Waals surface area contributed by atoms with Gasteiger partial charge in [-0.05, 0) is 30.0 Å². The second-order valence-corrected chi connectivity index (χ2v) is 6.90. The Morgan fingerprint density at radius 2 is 2.21 bits per heavy atom. The number of hydrogen-bond donors (Lipinski definition) is 1. The summed E-state index contributed by atoms with van der Waals surface area (Å²) < 4.78 is 5.80. The van der Waals surface area contributed by atoms with Gasteiger partial charge in [0.05, 0.1) is 19.3 Å². The molecule has 2 aliphatic heterocycles. The number of nitrogens with zero attached hydrogens (tertiary/aromatic N) is 2. The highest BCUT2D eigenvalue weighted by atomic mass is 16.5. The van der Waals surface area contributed by atoms with Crippen LogP contribution in [0.3, 0.4) is 0 Å². The summed E-state index contributed by atoms with van der Waals surface area (Å²) in [5.41, 5.74) is 1.78. The number of hydrogen-bond acceptors (Lipinski definition) is 3. The number of aromatic amines is 1. The van der Waals surface area contributed by atoms with Crippen LogP contribution in [0.4, 0.5) is 0 Å². The summed E-state index contributed by atoms with van der Waals surface area (Å²) in [6, 6.07) is 8.78. The highest BCUT2D eigenvalue weighted by molar-refractivity contribution is 5.98. The summed E-state index contributed by atoms with van der Waals surface area (Å²) in [6.07, 6.45) is 4.26. The van der Waals surface area contributed by atoms with E-state index in [1.807, 2.05) is 35.4 Å². The molecule has 24 heavy (non-hydrogen) atoms. The predicted molar refractivity (Wildman–Crippen MR) is 94.2 cm³/mol. The molecule has 2 fully saturated rings. The Labute approximate surface area is 142 Å². The lowest BCUT2D eigenvalue weighted by Crippen LogP contribution is -2.62. The van der Waals surface area contributed by atoms with Crippen molar-refractivity contribution in [3.63, 3.8) is 0 Å². The third kappa shape index (κ3) is 2.82. The summed E-state index contributed by atoms with van der Waals surface area (Å²) in [5.74, 6) is 0.128. The average Bonchev–Trinajstić information content (AvgIpc) is 3.09. The van der Waals surface area contributed by atoms with Gasteiger partial charge < -0.3 is 14.6 Å². The maximum absolute atomic E-state index is 12.9.